The van der Waals surface area contributed by atoms with Crippen LogP contribution in [0, 0.1) is 0 Å². The van der Waals surface area contributed by atoms with E-state index in [-0.39, 0.29) is 13.5 Å². The second kappa shape index (κ2) is 6.84. The predicted octanol–water partition coefficient (Wildman–Crippen LogP) is -1.15. The highest BCUT2D eigenvalue weighted by Gasteiger charge is 1.80. The van der Waals surface area contributed by atoms with Gasteiger partial charge in [0.2, 0.25) is 0 Å². The van der Waals surface area contributed by atoms with Gasteiger partial charge in [-0.05, 0) is 0 Å². The maximum absolute atomic E-state index is 5.10. The molecule has 8 heavy (non-hydrogen) atoms. The summed E-state index contributed by atoms with van der Waals surface area (Å²) in [7, 11) is 0. The van der Waals surface area contributed by atoms with Crippen LogP contribution in [-0.2, 0) is 9.47 Å². The third kappa shape index (κ3) is 5.84. The van der Waals surface area contributed by atoms with E-state index in [1.54, 1.807) is 0 Å². The summed E-state index contributed by atoms with van der Waals surface area (Å²) in [6, 6.07) is 0. The van der Waals surface area contributed by atoms with Crippen molar-refractivity contribution in [2.75, 3.05) is 26.7 Å². The summed E-state index contributed by atoms with van der Waals surface area (Å²) in [5.74, 6) is 0. The van der Waals surface area contributed by atoms with Crippen molar-refractivity contribution in [2.45, 2.75) is 0 Å². The lowest BCUT2D eigenvalue weighted by Crippen LogP contribution is -2.13. The molecule has 0 fully saturated rings. The van der Waals surface area contributed by atoms with E-state index in [0.717, 1.165) is 0 Å². The van der Waals surface area contributed by atoms with E-state index in [1.165, 1.54) is 0 Å². The van der Waals surface area contributed by atoms with Gasteiger partial charge >= 0.3 is 0 Å². The van der Waals surface area contributed by atoms with Crippen LogP contribution in [0.25, 0.3) is 0 Å². The van der Waals surface area contributed by atoms with E-state index < -0.39 is 0 Å². The minimum Gasteiger partial charge on any atom is -0.354 e. The van der Waals surface area contributed by atoms with Crippen LogP contribution in [0.4, 0.5) is 0 Å². The van der Waals surface area contributed by atoms with E-state index in [2.05, 4.69) is 4.74 Å². The Morgan fingerprint density at radius 2 is 1.88 bits per heavy atom. The predicted molar refractivity (Wildman–Crippen MR) is 30.0 cm³/mol. The Kier molecular flexibility index (Phi) is 6.70. The molecule has 0 aromatic heterocycles. The maximum Gasteiger partial charge on any atom is 0.148 e. The first-order valence-corrected chi connectivity index (χ1v) is 2.47. The monoisotopic (exact) mass is 120 g/mol. The van der Waals surface area contributed by atoms with Gasteiger partial charge < -0.3 is 20.9 Å². The van der Waals surface area contributed by atoms with Crippen molar-refractivity contribution in [2.24, 2.45) is 11.5 Å². The first kappa shape index (κ1) is 7.84. The van der Waals surface area contributed by atoms with Gasteiger partial charge in [-0.15, -0.1) is 0 Å². The molecular formula is C4H12N2O2. The van der Waals surface area contributed by atoms with Gasteiger partial charge in [0.1, 0.15) is 6.79 Å². The average Bonchev–Trinajstić information content (AvgIpc) is 1.81. The zero-order valence-corrected chi connectivity index (χ0v) is 4.80. The SMILES string of the molecule is NCCOCOCN. The van der Waals surface area contributed by atoms with Crippen LogP contribution >= 0.6 is 0 Å². The van der Waals surface area contributed by atoms with Crippen LogP contribution < -0.4 is 11.5 Å². The third-order valence-electron chi connectivity index (χ3n) is 0.547. The van der Waals surface area contributed by atoms with Crippen LogP contribution in [0.2, 0.25) is 0 Å². The number of hydrogen-bond donors (Lipinski definition) is 2. The maximum atomic E-state index is 5.10. The molecule has 0 aliphatic carbocycles. The fourth-order valence-corrected chi connectivity index (χ4v) is 0.249. The minimum atomic E-state index is 0.199. The molecular weight excluding hydrogens is 108 g/mol. The first-order chi connectivity index (χ1) is 3.91. The molecule has 0 aliphatic rings. The molecule has 4 N–H and O–H groups in total. The Hall–Kier alpha value is -0.160. The summed E-state index contributed by atoms with van der Waals surface area (Å²) in [6.45, 7) is 1.49. The van der Waals surface area contributed by atoms with E-state index in [4.69, 9.17) is 16.2 Å². The van der Waals surface area contributed by atoms with Gasteiger partial charge in [-0.3, -0.25) is 0 Å². The molecule has 0 atom stereocenters. The van der Waals surface area contributed by atoms with E-state index in [9.17, 15) is 0 Å². The second-order valence-electron chi connectivity index (χ2n) is 1.19. The van der Waals surface area contributed by atoms with Crippen LogP contribution in [0.15, 0.2) is 0 Å². The topological polar surface area (TPSA) is 70.5 Å². The van der Waals surface area contributed by atoms with Crippen molar-refractivity contribution in [1.82, 2.24) is 0 Å². The summed E-state index contributed by atoms with van der Waals surface area (Å²) in [5, 5.41) is 0. The van der Waals surface area contributed by atoms with Crippen molar-refractivity contribution in [1.29, 1.82) is 0 Å². The molecule has 0 radical (unpaired) electrons. The zero-order chi connectivity index (χ0) is 6.24. The Bertz CT molecular complexity index is 37.0. The van der Waals surface area contributed by atoms with Gasteiger partial charge in [0, 0.05) is 6.54 Å². The highest BCUT2D eigenvalue weighted by atomic mass is 16.7. The third-order valence-corrected chi connectivity index (χ3v) is 0.547. The smallest absolute Gasteiger partial charge is 0.148 e. The number of nitrogens with two attached hydrogens (primary N) is 2. The van der Waals surface area contributed by atoms with Gasteiger partial charge in [-0.2, -0.15) is 0 Å². The average molecular weight is 120 g/mol. The van der Waals surface area contributed by atoms with Gasteiger partial charge in [-0.25, -0.2) is 0 Å². The molecule has 0 aromatic rings. The van der Waals surface area contributed by atoms with Crippen molar-refractivity contribution in [3.8, 4) is 0 Å². The molecule has 0 aliphatic heterocycles. The molecule has 0 aromatic carbocycles. The van der Waals surface area contributed by atoms with Crippen molar-refractivity contribution < 1.29 is 9.47 Å². The highest BCUT2D eigenvalue weighted by molar-refractivity contribution is 4.24. The fraction of sp³-hybridized carbons (Fsp3) is 1.00. The molecule has 0 saturated heterocycles. The number of rotatable bonds is 5. The van der Waals surface area contributed by atoms with Gasteiger partial charge in [0.25, 0.3) is 0 Å². The van der Waals surface area contributed by atoms with Crippen LogP contribution in [-0.4, -0.2) is 26.7 Å². The molecule has 4 nitrogen and oxygen atoms in total. The van der Waals surface area contributed by atoms with E-state index in [1.807, 2.05) is 0 Å². The molecule has 0 saturated carbocycles. The Morgan fingerprint density at radius 1 is 1.12 bits per heavy atom. The van der Waals surface area contributed by atoms with Gasteiger partial charge in [0.05, 0.1) is 13.3 Å². The normalized spacial score (nSPS) is 9.75. The number of ether oxygens (including phenoxy) is 2. The van der Waals surface area contributed by atoms with E-state index in [0.29, 0.717) is 13.2 Å². The van der Waals surface area contributed by atoms with Gasteiger partial charge in [0.15, 0.2) is 0 Å². The fourth-order valence-electron chi connectivity index (χ4n) is 0.249. The first-order valence-electron chi connectivity index (χ1n) is 2.47. The lowest BCUT2D eigenvalue weighted by molar-refractivity contribution is -0.0488. The summed E-state index contributed by atoms with van der Waals surface area (Å²) >= 11 is 0. The molecule has 0 rings (SSSR count). The Labute approximate surface area is 48.7 Å². The number of hydrogen-bond acceptors (Lipinski definition) is 4. The minimum absolute atomic E-state index is 0.199. The Morgan fingerprint density at radius 3 is 2.38 bits per heavy atom. The summed E-state index contributed by atoms with van der Waals surface area (Å²) < 4.78 is 9.43. The second-order valence-corrected chi connectivity index (χ2v) is 1.19. The van der Waals surface area contributed by atoms with Crippen LogP contribution in [0.3, 0.4) is 0 Å². The molecule has 50 valence electrons. The molecule has 0 amide bonds. The summed E-state index contributed by atoms with van der Waals surface area (Å²) in [5.41, 5.74) is 10.1. The summed E-state index contributed by atoms with van der Waals surface area (Å²) in [4.78, 5) is 0. The molecule has 0 spiro atoms. The highest BCUT2D eigenvalue weighted by Crippen LogP contribution is 1.71. The van der Waals surface area contributed by atoms with Gasteiger partial charge in [-0.1, -0.05) is 0 Å². The summed E-state index contributed by atoms with van der Waals surface area (Å²) in [6.07, 6.45) is 0. The van der Waals surface area contributed by atoms with Crippen molar-refractivity contribution in [3.05, 3.63) is 0 Å². The molecule has 4 heteroatoms. The largest absolute Gasteiger partial charge is 0.354 e. The standard InChI is InChI=1S/C4H12N2O2/c5-1-2-7-4-8-3-6/h1-6H2. The molecule has 0 bridgehead atoms. The lowest BCUT2D eigenvalue weighted by atomic mass is 10.7. The van der Waals surface area contributed by atoms with Crippen LogP contribution in [0.1, 0.15) is 0 Å². The van der Waals surface area contributed by atoms with Crippen molar-refractivity contribution >= 4 is 0 Å². The van der Waals surface area contributed by atoms with E-state index >= 15 is 0 Å². The quantitative estimate of drug-likeness (QED) is 0.355. The zero-order valence-electron chi connectivity index (χ0n) is 4.80. The Balaban J connectivity index is 2.53. The van der Waals surface area contributed by atoms with Crippen LogP contribution in [0.5, 0.6) is 0 Å². The molecule has 0 heterocycles. The van der Waals surface area contributed by atoms with Crippen molar-refractivity contribution in [3.63, 3.8) is 0 Å². The molecule has 0 unspecified atom stereocenters. The lowest BCUT2D eigenvalue weighted by Gasteiger charge is -1.99.